The van der Waals surface area contributed by atoms with Crippen LogP contribution < -0.4 is 0 Å². The fourth-order valence-electron chi connectivity index (χ4n) is 1.54. The number of hydrazine groups is 2. The van der Waals surface area contributed by atoms with Crippen LogP contribution in [0.4, 0.5) is 0 Å². The average Bonchev–Trinajstić information content (AvgIpc) is 2.77. The molecule has 13 heavy (non-hydrogen) atoms. The molecule has 0 aromatic rings. The second-order valence-corrected chi connectivity index (χ2v) is 5.70. The van der Waals surface area contributed by atoms with Crippen molar-refractivity contribution in [3.63, 3.8) is 0 Å². The van der Waals surface area contributed by atoms with Gasteiger partial charge in [0.25, 0.3) is 0 Å². The third-order valence-electron chi connectivity index (χ3n) is 2.80. The van der Waals surface area contributed by atoms with Crippen LogP contribution in [0.15, 0.2) is 0 Å². The molecule has 0 amide bonds. The van der Waals surface area contributed by atoms with Crippen LogP contribution >= 0.6 is 8.61 Å². The van der Waals surface area contributed by atoms with Crippen LogP contribution in [0.5, 0.6) is 0 Å². The Balaban J connectivity index is 2.01. The fraction of sp³-hybridized carbons (Fsp3) is 1.00. The lowest BCUT2D eigenvalue weighted by atomic mass is 10.2. The molecule has 2 fully saturated rings. The zero-order valence-corrected chi connectivity index (χ0v) is 9.66. The van der Waals surface area contributed by atoms with Crippen molar-refractivity contribution in [2.24, 2.45) is 0 Å². The second kappa shape index (κ2) is 2.51. The summed E-state index contributed by atoms with van der Waals surface area (Å²) in [5.41, 5.74) is 0.409. The van der Waals surface area contributed by atoms with Crippen LogP contribution in [0, 0.1) is 0 Å². The maximum absolute atomic E-state index is 11.0. The van der Waals surface area contributed by atoms with Crippen molar-refractivity contribution < 1.29 is 4.57 Å². The number of hydrogen-bond donors (Lipinski definition) is 0. The van der Waals surface area contributed by atoms with Gasteiger partial charge in [-0.15, -0.1) is 0 Å². The highest BCUT2D eigenvalue weighted by Crippen LogP contribution is 2.44. The average molecular weight is 202 g/mol. The summed E-state index contributed by atoms with van der Waals surface area (Å²) in [5, 5.41) is 4.29. The highest BCUT2D eigenvalue weighted by atomic mass is 31.1. The summed E-state index contributed by atoms with van der Waals surface area (Å²) < 4.78 is 11.0. The lowest BCUT2D eigenvalue weighted by Crippen LogP contribution is -2.32. The molecule has 4 nitrogen and oxygen atoms in total. The molecule has 0 aromatic heterocycles. The van der Waals surface area contributed by atoms with Gasteiger partial charge in [0.05, 0.1) is 0 Å². The van der Waals surface area contributed by atoms with Gasteiger partial charge in [-0.3, -0.25) is 0 Å². The van der Waals surface area contributed by atoms with E-state index in [2.05, 4.69) is 37.7 Å². The normalized spacial score (nSPS) is 39.5. The molecule has 0 aromatic carbocycles. The first-order valence-corrected chi connectivity index (χ1v) is 5.47. The van der Waals surface area contributed by atoms with E-state index in [-0.39, 0.29) is 11.1 Å². The van der Waals surface area contributed by atoms with E-state index in [1.807, 2.05) is 4.89 Å². The molecule has 0 spiro atoms. The molecule has 0 saturated carbocycles. The molecule has 3 unspecified atom stereocenters. The number of rotatable bonds is 3. The van der Waals surface area contributed by atoms with Crippen molar-refractivity contribution in [1.29, 1.82) is 0 Å². The summed E-state index contributed by atoms with van der Waals surface area (Å²) in [6.45, 7) is 10.7. The Kier molecular flexibility index (Phi) is 1.84. The first kappa shape index (κ1) is 9.53. The third kappa shape index (κ3) is 1.52. The summed E-state index contributed by atoms with van der Waals surface area (Å²) in [6, 6.07) is 0. The van der Waals surface area contributed by atoms with Crippen molar-refractivity contribution in [2.45, 2.75) is 38.8 Å². The Bertz CT molecular complexity index is 232. The van der Waals surface area contributed by atoms with Crippen LogP contribution in [-0.4, -0.2) is 39.1 Å². The predicted octanol–water partition coefficient (Wildman–Crippen LogP) is 1.25. The van der Waals surface area contributed by atoms with Gasteiger partial charge in [0.1, 0.15) is 0 Å². The molecule has 0 N–H and O–H groups in total. The molecule has 0 aliphatic carbocycles. The minimum atomic E-state index is -0.397. The van der Waals surface area contributed by atoms with Gasteiger partial charge in [-0.2, -0.15) is 10.0 Å². The largest absolute Gasteiger partial charge is 0.452 e. The van der Waals surface area contributed by atoms with E-state index < -0.39 is 8.61 Å². The van der Waals surface area contributed by atoms with Gasteiger partial charge in [-0.25, -0.2) is 0 Å². The van der Waals surface area contributed by atoms with E-state index >= 15 is 0 Å². The van der Waals surface area contributed by atoms with Crippen LogP contribution in [-0.2, 0) is 4.57 Å². The van der Waals surface area contributed by atoms with E-state index in [1.165, 1.54) is 0 Å². The van der Waals surface area contributed by atoms with Gasteiger partial charge in [0, 0.05) is 29.1 Å². The lowest BCUT2D eigenvalue weighted by Gasteiger charge is -2.14. The van der Waals surface area contributed by atoms with Crippen LogP contribution in [0.25, 0.3) is 0 Å². The molecular weight excluding hydrogens is 185 g/mol. The molecule has 3 atom stereocenters. The maximum Gasteiger partial charge on any atom is 0.452 e. The van der Waals surface area contributed by atoms with Crippen LogP contribution in [0.2, 0.25) is 0 Å². The minimum Gasteiger partial charge on any atom is -0.177 e. The fourth-order valence-corrected chi connectivity index (χ4v) is 2.42. The Labute approximate surface area is 80.7 Å². The van der Waals surface area contributed by atoms with E-state index in [0.29, 0.717) is 0 Å². The molecular formula is C8H17N3OP+. The van der Waals surface area contributed by atoms with Crippen molar-refractivity contribution in [3.05, 3.63) is 0 Å². The SMILES string of the molecule is CC1(C)CN1N([PH+]=O)N1CC1(C)C. The highest BCUT2D eigenvalue weighted by Gasteiger charge is 2.60. The van der Waals surface area contributed by atoms with Gasteiger partial charge in [0.2, 0.25) is 0 Å². The van der Waals surface area contributed by atoms with Gasteiger partial charge in [-0.1, -0.05) is 0 Å². The molecule has 2 rings (SSSR count). The smallest absolute Gasteiger partial charge is 0.177 e. The van der Waals surface area contributed by atoms with Crippen molar-refractivity contribution in [2.75, 3.05) is 13.1 Å². The van der Waals surface area contributed by atoms with Crippen molar-refractivity contribution in [3.8, 4) is 0 Å². The molecule has 0 radical (unpaired) electrons. The Morgan fingerprint density at radius 2 is 1.38 bits per heavy atom. The van der Waals surface area contributed by atoms with Crippen LogP contribution in [0.3, 0.4) is 0 Å². The lowest BCUT2D eigenvalue weighted by molar-refractivity contribution is 0.0134. The molecule has 5 heteroatoms. The standard InChI is InChI=1S/C8H16N3OP/c1-7(2)5-9(7)11(13-12)10-6-8(10,3)4/h5-6H2,1-4H3/p+1. The molecule has 0 bridgehead atoms. The van der Waals surface area contributed by atoms with E-state index in [0.717, 1.165) is 13.1 Å². The van der Waals surface area contributed by atoms with E-state index in [4.69, 9.17) is 0 Å². The highest BCUT2D eigenvalue weighted by molar-refractivity contribution is 7.20. The van der Waals surface area contributed by atoms with Gasteiger partial charge < -0.3 is 0 Å². The minimum absolute atomic E-state index is 0.204. The monoisotopic (exact) mass is 202 g/mol. The molecule has 2 aliphatic rings. The zero-order chi connectivity index (χ0) is 9.85. The third-order valence-corrected chi connectivity index (χ3v) is 3.45. The van der Waals surface area contributed by atoms with Gasteiger partial charge >= 0.3 is 8.61 Å². The first-order chi connectivity index (χ1) is 5.88. The molecule has 2 aliphatic heterocycles. The number of nitrogens with zero attached hydrogens (tertiary/aromatic N) is 3. The zero-order valence-electron chi connectivity index (χ0n) is 8.66. The van der Waals surface area contributed by atoms with Crippen molar-refractivity contribution in [1.82, 2.24) is 14.9 Å². The summed E-state index contributed by atoms with van der Waals surface area (Å²) in [7, 11) is -0.397. The summed E-state index contributed by atoms with van der Waals surface area (Å²) >= 11 is 0. The second-order valence-electron chi connectivity index (χ2n) is 5.12. The predicted molar refractivity (Wildman–Crippen MR) is 52.4 cm³/mol. The Morgan fingerprint density at radius 3 is 1.54 bits per heavy atom. The van der Waals surface area contributed by atoms with E-state index in [9.17, 15) is 4.57 Å². The Hall–Kier alpha value is -0.0200. The van der Waals surface area contributed by atoms with Gasteiger partial charge in [0.15, 0.2) is 0 Å². The Morgan fingerprint density at radius 1 is 1.08 bits per heavy atom. The van der Waals surface area contributed by atoms with Gasteiger partial charge in [-0.05, 0) is 32.3 Å². The molecule has 2 saturated heterocycles. The topological polar surface area (TPSA) is 26.3 Å². The summed E-state index contributed by atoms with van der Waals surface area (Å²) in [6.07, 6.45) is 0. The first-order valence-electron chi connectivity index (χ1n) is 4.61. The van der Waals surface area contributed by atoms with Crippen molar-refractivity contribution >= 4 is 8.61 Å². The quantitative estimate of drug-likeness (QED) is 0.508. The van der Waals surface area contributed by atoms with Crippen LogP contribution in [0.1, 0.15) is 27.7 Å². The number of hydrogen-bond acceptors (Lipinski definition) is 3. The summed E-state index contributed by atoms with van der Waals surface area (Å²) in [5.74, 6) is 0. The van der Waals surface area contributed by atoms with E-state index in [1.54, 1.807) is 0 Å². The molecule has 74 valence electrons. The maximum atomic E-state index is 11.0. The summed E-state index contributed by atoms with van der Waals surface area (Å²) in [4.78, 5) is 1.88. The molecule has 2 heterocycles.